The fourth-order valence-corrected chi connectivity index (χ4v) is 4.52. The maximum Gasteiger partial charge on any atom is 0.243 e. The normalized spacial score (nSPS) is 11.4. The van der Waals surface area contributed by atoms with E-state index in [0.717, 1.165) is 61.3 Å². The minimum Gasteiger partial charge on any atom is -0.494 e. The largest absolute Gasteiger partial charge is 0.494 e. The Morgan fingerprint density at radius 1 is 0.921 bits per heavy atom. The second-order valence-electron chi connectivity index (χ2n) is 9.94. The predicted octanol–water partition coefficient (Wildman–Crippen LogP) is 7.17. The number of hydrogen-bond acceptors (Lipinski definition) is 3. The highest BCUT2D eigenvalue weighted by atomic mass is 16.5. The number of nitrogens with one attached hydrogen (secondary N) is 1. The monoisotopic (exact) mass is 509 g/mol. The van der Waals surface area contributed by atoms with E-state index in [2.05, 4.69) is 66.2 Å². The molecule has 0 unspecified atom stereocenters. The van der Waals surface area contributed by atoms with Gasteiger partial charge in [0.25, 0.3) is 0 Å². The number of nitrogens with zero attached hydrogens (tertiary/aromatic N) is 2. The van der Waals surface area contributed by atoms with Gasteiger partial charge in [-0.2, -0.15) is 0 Å². The average Bonchev–Trinajstić information content (AvgIpc) is 3.30. The molecule has 0 fully saturated rings. The molecular weight excluding hydrogens is 470 g/mol. The van der Waals surface area contributed by atoms with Gasteiger partial charge in [-0.1, -0.05) is 74.9 Å². The molecule has 5 heteroatoms. The summed E-state index contributed by atoms with van der Waals surface area (Å²) in [6, 6.07) is 26.6. The number of aryl methyl sites for hydroxylation is 2. The molecule has 1 amide bonds. The van der Waals surface area contributed by atoms with Crippen LogP contribution in [0, 0.1) is 0 Å². The van der Waals surface area contributed by atoms with Gasteiger partial charge in [0, 0.05) is 25.6 Å². The Hall–Kier alpha value is -3.86. The zero-order chi connectivity index (χ0) is 26.6. The molecule has 0 atom stereocenters. The summed E-state index contributed by atoms with van der Waals surface area (Å²) in [4.78, 5) is 17.0. The summed E-state index contributed by atoms with van der Waals surface area (Å²) in [5.41, 5.74) is 4.58. The van der Waals surface area contributed by atoms with E-state index in [1.54, 1.807) is 6.08 Å². The van der Waals surface area contributed by atoms with Crippen molar-refractivity contribution >= 4 is 23.0 Å². The number of amides is 1. The number of para-hydroxylation sites is 2. The summed E-state index contributed by atoms with van der Waals surface area (Å²) in [5.74, 6) is 2.53. The minimum atomic E-state index is -0.0475. The van der Waals surface area contributed by atoms with Gasteiger partial charge in [-0.3, -0.25) is 4.79 Å². The third-order valence-electron chi connectivity index (χ3n) is 6.68. The van der Waals surface area contributed by atoms with E-state index in [1.807, 2.05) is 42.5 Å². The summed E-state index contributed by atoms with van der Waals surface area (Å²) < 4.78 is 8.35. The van der Waals surface area contributed by atoms with E-state index >= 15 is 0 Å². The van der Waals surface area contributed by atoms with Crippen LogP contribution in [0.4, 0.5) is 0 Å². The van der Waals surface area contributed by atoms with Gasteiger partial charge in [-0.05, 0) is 66.6 Å². The summed E-state index contributed by atoms with van der Waals surface area (Å²) in [7, 11) is 0. The van der Waals surface area contributed by atoms with Gasteiger partial charge in [0.1, 0.15) is 11.6 Å². The van der Waals surface area contributed by atoms with Crippen LogP contribution in [-0.2, 0) is 17.8 Å². The van der Waals surface area contributed by atoms with Crippen molar-refractivity contribution in [1.82, 2.24) is 14.9 Å². The van der Waals surface area contributed by atoms with Crippen LogP contribution in [0.2, 0.25) is 0 Å². The van der Waals surface area contributed by atoms with Gasteiger partial charge in [0.2, 0.25) is 5.91 Å². The van der Waals surface area contributed by atoms with Crippen molar-refractivity contribution in [3.8, 4) is 5.75 Å². The van der Waals surface area contributed by atoms with Crippen molar-refractivity contribution < 1.29 is 9.53 Å². The average molecular weight is 510 g/mol. The van der Waals surface area contributed by atoms with E-state index in [0.29, 0.717) is 19.1 Å². The summed E-state index contributed by atoms with van der Waals surface area (Å²) >= 11 is 0. The Morgan fingerprint density at radius 2 is 1.68 bits per heavy atom. The van der Waals surface area contributed by atoms with Crippen molar-refractivity contribution in [2.24, 2.45) is 0 Å². The van der Waals surface area contributed by atoms with Gasteiger partial charge in [-0.25, -0.2) is 4.98 Å². The molecule has 0 aliphatic carbocycles. The highest BCUT2D eigenvalue weighted by Crippen LogP contribution is 2.20. The fraction of sp³-hybridized carbons (Fsp3) is 0.333. The molecule has 0 saturated carbocycles. The molecule has 0 bridgehead atoms. The van der Waals surface area contributed by atoms with Crippen molar-refractivity contribution in [1.29, 1.82) is 0 Å². The molecule has 1 N–H and O–H groups in total. The van der Waals surface area contributed by atoms with E-state index in [-0.39, 0.29) is 5.91 Å². The first-order valence-corrected chi connectivity index (χ1v) is 13.8. The van der Waals surface area contributed by atoms with Crippen molar-refractivity contribution in [3.63, 3.8) is 0 Å². The highest BCUT2D eigenvalue weighted by Gasteiger charge is 2.10. The molecule has 38 heavy (non-hydrogen) atoms. The second-order valence-corrected chi connectivity index (χ2v) is 9.94. The van der Waals surface area contributed by atoms with Crippen LogP contribution < -0.4 is 10.1 Å². The van der Waals surface area contributed by atoms with Crippen molar-refractivity contribution in [2.75, 3.05) is 13.2 Å². The number of fused-ring (bicyclic) bond motifs is 1. The Labute approximate surface area is 226 Å². The van der Waals surface area contributed by atoms with E-state index in [1.165, 1.54) is 11.1 Å². The van der Waals surface area contributed by atoms with Crippen LogP contribution in [-0.4, -0.2) is 28.6 Å². The van der Waals surface area contributed by atoms with Gasteiger partial charge in [0.15, 0.2) is 0 Å². The minimum absolute atomic E-state index is 0.0475. The Balaban J connectivity index is 1.21. The number of unbranched alkanes of at least 4 members (excludes halogenated alkanes) is 2. The Morgan fingerprint density at radius 3 is 2.47 bits per heavy atom. The molecule has 0 aliphatic rings. The molecule has 198 valence electrons. The van der Waals surface area contributed by atoms with Crippen molar-refractivity contribution in [2.45, 2.75) is 58.4 Å². The topological polar surface area (TPSA) is 56.1 Å². The highest BCUT2D eigenvalue weighted by molar-refractivity contribution is 5.91. The third kappa shape index (κ3) is 8.07. The number of carbonyl (C=O) groups is 1. The lowest BCUT2D eigenvalue weighted by atomic mass is 10.0. The number of benzene rings is 3. The van der Waals surface area contributed by atoms with Gasteiger partial charge >= 0.3 is 0 Å². The Bertz CT molecular complexity index is 1310. The fourth-order valence-electron chi connectivity index (χ4n) is 4.52. The molecule has 0 saturated heterocycles. The number of ether oxygens (including phenoxy) is 1. The molecule has 4 rings (SSSR count). The summed E-state index contributed by atoms with van der Waals surface area (Å²) in [6.07, 6.45) is 8.32. The van der Waals surface area contributed by atoms with E-state index < -0.39 is 0 Å². The number of hydrogen-bond donors (Lipinski definition) is 1. The predicted molar refractivity (Wildman–Crippen MR) is 156 cm³/mol. The first kappa shape index (κ1) is 27.2. The van der Waals surface area contributed by atoms with Crippen LogP contribution >= 0.6 is 0 Å². The van der Waals surface area contributed by atoms with Gasteiger partial charge < -0.3 is 14.6 Å². The number of rotatable bonds is 14. The maximum atomic E-state index is 12.1. The van der Waals surface area contributed by atoms with Crippen molar-refractivity contribution in [3.05, 3.63) is 102 Å². The summed E-state index contributed by atoms with van der Waals surface area (Å²) in [6.45, 7) is 6.64. The summed E-state index contributed by atoms with van der Waals surface area (Å²) in [5, 5.41) is 2.98. The van der Waals surface area contributed by atoms with Crippen LogP contribution in [0.25, 0.3) is 17.1 Å². The van der Waals surface area contributed by atoms with Gasteiger partial charge in [0.05, 0.1) is 17.6 Å². The lowest BCUT2D eigenvalue weighted by Gasteiger charge is -2.11. The van der Waals surface area contributed by atoms with Crippen LogP contribution in [0.3, 0.4) is 0 Å². The Kier molecular flexibility index (Phi) is 10.1. The molecular formula is C33H39N3O2. The van der Waals surface area contributed by atoms with Gasteiger partial charge in [-0.15, -0.1) is 0 Å². The van der Waals surface area contributed by atoms with E-state index in [4.69, 9.17) is 9.72 Å². The first-order chi connectivity index (χ1) is 18.6. The lowest BCUT2D eigenvalue weighted by Crippen LogP contribution is -2.22. The van der Waals surface area contributed by atoms with Crippen LogP contribution in [0.15, 0.2) is 84.9 Å². The molecule has 0 radical (unpaired) electrons. The number of carbonyl (C=O) groups excluding carboxylic acids is 1. The zero-order valence-corrected chi connectivity index (χ0v) is 22.6. The van der Waals surface area contributed by atoms with E-state index in [9.17, 15) is 4.79 Å². The standard InChI is InChI=1S/C33H39N3O2/c1-26(2)28-18-20-29(21-19-28)38-25-11-24-36-31-15-9-8-14-30(31)35-32(36)16-7-4-10-23-34-33(37)22-17-27-12-5-3-6-13-27/h3,5-6,8-9,12-15,17-22,26H,4,7,10-11,16,23-25H2,1-2H3,(H,34,37)/b22-17+. The molecule has 3 aromatic carbocycles. The number of imidazole rings is 1. The lowest BCUT2D eigenvalue weighted by molar-refractivity contribution is -0.116. The first-order valence-electron chi connectivity index (χ1n) is 13.8. The quantitative estimate of drug-likeness (QED) is 0.145. The third-order valence-corrected chi connectivity index (χ3v) is 6.68. The van der Waals surface area contributed by atoms with Crippen LogP contribution in [0.1, 0.15) is 62.4 Å². The molecule has 0 aliphatic heterocycles. The molecule has 1 heterocycles. The number of aromatic nitrogens is 2. The SMILES string of the molecule is CC(C)c1ccc(OCCCn2c(CCCCCNC(=O)/C=C/c3ccccc3)nc3ccccc32)cc1. The second kappa shape index (κ2) is 14.2. The molecule has 1 aromatic heterocycles. The molecule has 5 nitrogen and oxygen atoms in total. The molecule has 4 aromatic rings. The smallest absolute Gasteiger partial charge is 0.243 e. The molecule has 0 spiro atoms. The van der Waals surface area contributed by atoms with Crippen LogP contribution in [0.5, 0.6) is 5.75 Å². The zero-order valence-electron chi connectivity index (χ0n) is 22.6. The maximum absolute atomic E-state index is 12.1.